The number of nitrogens with one attached hydrogen (secondary N) is 1. The summed E-state index contributed by atoms with van der Waals surface area (Å²) in [6, 6.07) is 21.2. The molecule has 0 fully saturated rings. The predicted molar refractivity (Wildman–Crippen MR) is 117 cm³/mol. The van der Waals surface area contributed by atoms with E-state index in [4.69, 9.17) is 18.9 Å². The zero-order chi connectivity index (χ0) is 21.6. The normalized spacial score (nSPS) is 10.4. The van der Waals surface area contributed by atoms with Crippen molar-refractivity contribution in [2.24, 2.45) is 0 Å². The highest BCUT2D eigenvalue weighted by Gasteiger charge is 2.12. The highest BCUT2D eigenvalue weighted by molar-refractivity contribution is 5.88. The lowest BCUT2D eigenvalue weighted by Gasteiger charge is -2.12. The minimum Gasteiger partial charge on any atom is -0.493 e. The topological polar surface area (TPSA) is 78.9 Å². The molecule has 7 heteroatoms. The van der Waals surface area contributed by atoms with Crippen LogP contribution in [0.15, 0.2) is 79.0 Å². The Hall–Kier alpha value is -4.26. The molecule has 0 spiro atoms. The molecule has 0 aliphatic carbocycles. The molecule has 0 unspecified atom stereocenters. The van der Waals surface area contributed by atoms with E-state index in [0.717, 1.165) is 10.9 Å². The number of methoxy groups -OCH3 is 2. The van der Waals surface area contributed by atoms with Crippen LogP contribution >= 0.6 is 0 Å². The van der Waals surface area contributed by atoms with Gasteiger partial charge in [0, 0.05) is 23.3 Å². The van der Waals surface area contributed by atoms with Crippen LogP contribution in [0.1, 0.15) is 0 Å². The summed E-state index contributed by atoms with van der Waals surface area (Å²) in [5.74, 6) is 2.87. The van der Waals surface area contributed by atoms with Crippen LogP contribution in [0.3, 0.4) is 0 Å². The number of carbonyl (C=O) groups is 1. The maximum atomic E-state index is 12.0. The maximum absolute atomic E-state index is 12.0. The van der Waals surface area contributed by atoms with Crippen molar-refractivity contribution in [3.05, 3.63) is 79.0 Å². The molecule has 0 bridgehead atoms. The van der Waals surface area contributed by atoms with Crippen LogP contribution in [-0.2, 0) is 0 Å². The number of rotatable bonds is 6. The molecule has 4 aromatic rings. The van der Waals surface area contributed by atoms with Crippen LogP contribution < -0.4 is 24.3 Å². The van der Waals surface area contributed by atoms with Crippen LogP contribution in [0.2, 0.25) is 0 Å². The van der Waals surface area contributed by atoms with Gasteiger partial charge in [0.1, 0.15) is 17.2 Å². The Morgan fingerprint density at radius 2 is 1.52 bits per heavy atom. The van der Waals surface area contributed by atoms with E-state index < -0.39 is 6.09 Å². The van der Waals surface area contributed by atoms with Crippen molar-refractivity contribution in [3.63, 3.8) is 0 Å². The van der Waals surface area contributed by atoms with Crippen LogP contribution in [0, 0.1) is 0 Å². The van der Waals surface area contributed by atoms with Gasteiger partial charge in [-0.05, 0) is 48.5 Å². The van der Waals surface area contributed by atoms with Gasteiger partial charge in [-0.15, -0.1) is 0 Å². The number of amides is 1. The fourth-order valence-electron chi connectivity index (χ4n) is 3.01. The first-order chi connectivity index (χ1) is 15.2. The molecule has 31 heavy (non-hydrogen) atoms. The summed E-state index contributed by atoms with van der Waals surface area (Å²) in [5, 5.41) is 3.47. The molecule has 0 saturated carbocycles. The molecule has 1 amide bonds. The van der Waals surface area contributed by atoms with Crippen molar-refractivity contribution in [2.75, 3.05) is 19.5 Å². The molecule has 156 valence electrons. The van der Waals surface area contributed by atoms with E-state index in [1.165, 1.54) is 0 Å². The van der Waals surface area contributed by atoms with Crippen molar-refractivity contribution in [1.82, 2.24) is 4.98 Å². The molecular formula is C24H20N2O5. The average molecular weight is 416 g/mol. The van der Waals surface area contributed by atoms with Gasteiger partial charge in [-0.25, -0.2) is 4.79 Å². The van der Waals surface area contributed by atoms with Gasteiger partial charge in [-0.1, -0.05) is 18.2 Å². The molecule has 0 radical (unpaired) electrons. The Balaban J connectivity index is 1.49. The summed E-state index contributed by atoms with van der Waals surface area (Å²) < 4.78 is 22.0. The molecule has 3 aromatic carbocycles. The lowest BCUT2D eigenvalue weighted by molar-refractivity contribution is 0.215. The average Bonchev–Trinajstić information content (AvgIpc) is 2.80. The Kier molecular flexibility index (Phi) is 5.84. The number of aromatic nitrogens is 1. The van der Waals surface area contributed by atoms with Crippen molar-refractivity contribution < 1.29 is 23.7 Å². The number of anilines is 1. The summed E-state index contributed by atoms with van der Waals surface area (Å²) in [6.07, 6.45) is 1.10. The minimum atomic E-state index is -0.568. The number of para-hydroxylation sites is 1. The molecule has 0 saturated heterocycles. The largest absolute Gasteiger partial charge is 0.493 e. The van der Waals surface area contributed by atoms with Gasteiger partial charge in [-0.3, -0.25) is 10.3 Å². The van der Waals surface area contributed by atoms with E-state index in [1.54, 1.807) is 81.1 Å². The molecule has 4 rings (SSSR count). The Labute approximate surface area is 179 Å². The second kappa shape index (κ2) is 9.04. The predicted octanol–water partition coefficient (Wildman–Crippen LogP) is 5.66. The van der Waals surface area contributed by atoms with Gasteiger partial charge in [0.25, 0.3) is 0 Å². The second-order valence-corrected chi connectivity index (χ2v) is 6.49. The monoisotopic (exact) mass is 416 g/mol. The Bertz CT molecular complexity index is 1190. The van der Waals surface area contributed by atoms with E-state index in [9.17, 15) is 4.79 Å². The molecule has 0 aliphatic rings. The lowest BCUT2D eigenvalue weighted by atomic mass is 10.2. The fraction of sp³-hybridized carbons (Fsp3) is 0.0833. The van der Waals surface area contributed by atoms with Gasteiger partial charge in [0.15, 0.2) is 11.5 Å². The molecule has 1 heterocycles. The second-order valence-electron chi connectivity index (χ2n) is 6.49. The fourth-order valence-corrected chi connectivity index (χ4v) is 3.01. The first kappa shape index (κ1) is 20.0. The van der Waals surface area contributed by atoms with Gasteiger partial charge in [-0.2, -0.15) is 0 Å². The third-order valence-corrected chi connectivity index (χ3v) is 4.49. The Morgan fingerprint density at radius 1 is 0.806 bits per heavy atom. The molecule has 1 N–H and O–H groups in total. The van der Waals surface area contributed by atoms with Gasteiger partial charge in [0.2, 0.25) is 0 Å². The van der Waals surface area contributed by atoms with Crippen LogP contribution in [-0.4, -0.2) is 25.3 Å². The third kappa shape index (κ3) is 4.67. The number of ether oxygens (including phenoxy) is 4. The summed E-state index contributed by atoms with van der Waals surface area (Å²) in [4.78, 5) is 16.4. The van der Waals surface area contributed by atoms with E-state index in [0.29, 0.717) is 34.4 Å². The number of hydrogen-bond acceptors (Lipinski definition) is 6. The first-order valence-corrected chi connectivity index (χ1v) is 9.49. The molecule has 0 atom stereocenters. The maximum Gasteiger partial charge on any atom is 0.417 e. The number of benzene rings is 3. The molecule has 7 nitrogen and oxygen atoms in total. The van der Waals surface area contributed by atoms with E-state index in [-0.39, 0.29) is 0 Å². The van der Waals surface area contributed by atoms with Crippen molar-refractivity contribution in [1.29, 1.82) is 0 Å². The highest BCUT2D eigenvalue weighted by Crippen LogP contribution is 2.36. The summed E-state index contributed by atoms with van der Waals surface area (Å²) in [5.41, 5.74) is 1.30. The number of pyridine rings is 1. The van der Waals surface area contributed by atoms with Gasteiger partial charge in [0.05, 0.1) is 19.7 Å². The number of hydrogen-bond donors (Lipinski definition) is 1. The quantitative estimate of drug-likeness (QED) is 0.437. The summed E-state index contributed by atoms with van der Waals surface area (Å²) in [7, 11) is 3.16. The van der Waals surface area contributed by atoms with Gasteiger partial charge < -0.3 is 18.9 Å². The van der Waals surface area contributed by atoms with Crippen molar-refractivity contribution >= 4 is 22.7 Å². The molecule has 0 aliphatic heterocycles. The first-order valence-electron chi connectivity index (χ1n) is 9.49. The molecule has 1 aromatic heterocycles. The minimum absolute atomic E-state index is 0.469. The highest BCUT2D eigenvalue weighted by atomic mass is 16.6. The van der Waals surface area contributed by atoms with Crippen molar-refractivity contribution in [3.8, 4) is 28.7 Å². The van der Waals surface area contributed by atoms with Gasteiger partial charge >= 0.3 is 6.09 Å². The lowest BCUT2D eigenvalue weighted by Crippen LogP contribution is -2.16. The SMILES string of the molecule is COc1cc2nccc(Oc3ccc(NC(=O)Oc4ccccc4)cc3)c2cc1OC. The standard InChI is InChI=1S/C24H20N2O5/c1-28-22-14-19-20(15-23(22)29-2)25-13-12-21(19)30-18-10-8-16(9-11-18)26-24(27)31-17-6-4-3-5-7-17/h3-15H,1-2H3,(H,26,27). The number of carbonyl (C=O) groups excluding carboxylic acids is 1. The van der Waals surface area contributed by atoms with Crippen LogP contribution in [0.25, 0.3) is 10.9 Å². The van der Waals surface area contributed by atoms with Crippen LogP contribution in [0.5, 0.6) is 28.7 Å². The van der Waals surface area contributed by atoms with Crippen LogP contribution in [0.4, 0.5) is 10.5 Å². The smallest absolute Gasteiger partial charge is 0.417 e. The van der Waals surface area contributed by atoms with E-state index >= 15 is 0 Å². The third-order valence-electron chi connectivity index (χ3n) is 4.49. The summed E-state index contributed by atoms with van der Waals surface area (Å²) >= 11 is 0. The van der Waals surface area contributed by atoms with E-state index in [1.807, 2.05) is 12.1 Å². The number of nitrogens with zero attached hydrogens (tertiary/aromatic N) is 1. The summed E-state index contributed by atoms with van der Waals surface area (Å²) in [6.45, 7) is 0. The molecular weight excluding hydrogens is 396 g/mol. The van der Waals surface area contributed by atoms with E-state index in [2.05, 4.69) is 10.3 Å². The van der Waals surface area contributed by atoms with Crippen molar-refractivity contribution in [2.45, 2.75) is 0 Å². The number of fused-ring (bicyclic) bond motifs is 1. The Morgan fingerprint density at radius 3 is 2.23 bits per heavy atom. The zero-order valence-electron chi connectivity index (χ0n) is 17.0. The zero-order valence-corrected chi connectivity index (χ0v) is 17.0.